The number of hydrogen-bond acceptors (Lipinski definition) is 2. The van der Waals surface area contributed by atoms with Crippen LogP contribution in [0.3, 0.4) is 0 Å². The van der Waals surface area contributed by atoms with Crippen LogP contribution in [0.15, 0.2) is 42.7 Å². The van der Waals surface area contributed by atoms with Crippen LogP contribution in [0.2, 0.25) is 0 Å². The Morgan fingerprint density at radius 3 is 2.75 bits per heavy atom. The molecule has 0 radical (unpaired) electrons. The van der Waals surface area contributed by atoms with Crippen LogP contribution < -0.4 is 0 Å². The van der Waals surface area contributed by atoms with E-state index in [1.165, 1.54) is 28.5 Å². The number of pyridine rings is 1. The second-order valence-electron chi connectivity index (χ2n) is 7.51. The first-order valence-corrected chi connectivity index (χ1v) is 8.92. The summed E-state index contributed by atoms with van der Waals surface area (Å²) in [6, 6.07) is 11.4. The van der Waals surface area contributed by atoms with Gasteiger partial charge in [0, 0.05) is 54.5 Å². The molecule has 2 atom stereocenters. The molecule has 3 heteroatoms. The zero-order valence-electron chi connectivity index (χ0n) is 14.4. The molecule has 5 rings (SSSR count). The Hall–Kier alpha value is -2.13. The molecule has 1 aromatic carbocycles. The van der Waals surface area contributed by atoms with E-state index in [0.717, 1.165) is 19.6 Å². The van der Waals surface area contributed by atoms with E-state index in [9.17, 15) is 0 Å². The van der Waals surface area contributed by atoms with Crippen LogP contribution in [0.5, 0.6) is 0 Å². The highest BCUT2D eigenvalue weighted by atomic mass is 15.1. The minimum atomic E-state index is 0.586. The summed E-state index contributed by atoms with van der Waals surface area (Å²) in [6.45, 7) is 5.55. The molecule has 24 heavy (non-hydrogen) atoms. The molecule has 0 spiro atoms. The fourth-order valence-corrected chi connectivity index (χ4v) is 4.94. The van der Waals surface area contributed by atoms with E-state index in [0.29, 0.717) is 11.8 Å². The van der Waals surface area contributed by atoms with Gasteiger partial charge in [-0.25, -0.2) is 0 Å². The van der Waals surface area contributed by atoms with E-state index in [1.54, 1.807) is 11.3 Å². The van der Waals surface area contributed by atoms with E-state index < -0.39 is 0 Å². The summed E-state index contributed by atoms with van der Waals surface area (Å²) in [5.74, 6) is 1.19. The van der Waals surface area contributed by atoms with Crippen LogP contribution in [0, 0.1) is 6.92 Å². The summed E-state index contributed by atoms with van der Waals surface area (Å²) in [6.07, 6.45) is 5.10. The third-order valence-corrected chi connectivity index (χ3v) is 5.94. The molecule has 2 aliphatic rings. The highest BCUT2D eigenvalue weighted by molar-refractivity contribution is 5.87. The number of rotatable bonds is 1. The van der Waals surface area contributed by atoms with Crippen molar-refractivity contribution in [2.24, 2.45) is 0 Å². The van der Waals surface area contributed by atoms with Crippen molar-refractivity contribution < 1.29 is 0 Å². The monoisotopic (exact) mass is 317 g/mol. The highest BCUT2D eigenvalue weighted by Crippen LogP contribution is 2.47. The van der Waals surface area contributed by atoms with Gasteiger partial charge in [0.1, 0.15) is 0 Å². The van der Waals surface area contributed by atoms with Gasteiger partial charge in [0.05, 0.1) is 0 Å². The summed E-state index contributed by atoms with van der Waals surface area (Å²) < 4.78 is 2.61. The van der Waals surface area contributed by atoms with Crippen molar-refractivity contribution in [1.82, 2.24) is 14.5 Å². The number of nitrogens with zero attached hydrogens (tertiary/aromatic N) is 3. The predicted molar refractivity (Wildman–Crippen MR) is 97.3 cm³/mol. The van der Waals surface area contributed by atoms with Crippen LogP contribution in [0.4, 0.5) is 0 Å². The minimum Gasteiger partial charge on any atom is -0.344 e. The Kier molecular flexibility index (Phi) is 3.07. The molecule has 0 bridgehead atoms. The number of likely N-dealkylation sites (N-methyl/N-ethyl adjacent to an activating group) is 1. The molecule has 0 saturated heterocycles. The summed E-state index contributed by atoms with van der Waals surface area (Å²) in [7, 11) is 2.26. The molecule has 4 heterocycles. The molecule has 0 amide bonds. The van der Waals surface area contributed by atoms with Gasteiger partial charge in [0.2, 0.25) is 0 Å². The molecule has 2 unspecified atom stereocenters. The van der Waals surface area contributed by atoms with Crippen molar-refractivity contribution in [1.29, 1.82) is 0 Å². The van der Waals surface area contributed by atoms with Crippen molar-refractivity contribution in [3.05, 3.63) is 65.1 Å². The minimum absolute atomic E-state index is 0.586. The van der Waals surface area contributed by atoms with Gasteiger partial charge in [0.15, 0.2) is 0 Å². The quantitative estimate of drug-likeness (QED) is 0.675. The zero-order chi connectivity index (χ0) is 16.3. The summed E-state index contributed by atoms with van der Waals surface area (Å²) in [5.41, 5.74) is 7.40. The normalized spacial score (nSPS) is 23.4. The first-order valence-electron chi connectivity index (χ1n) is 8.92. The van der Waals surface area contributed by atoms with Gasteiger partial charge in [-0.2, -0.15) is 0 Å². The Labute approximate surface area is 142 Å². The van der Waals surface area contributed by atoms with E-state index >= 15 is 0 Å². The van der Waals surface area contributed by atoms with Gasteiger partial charge in [-0.1, -0.05) is 11.6 Å². The third kappa shape index (κ3) is 1.97. The average Bonchev–Trinajstić information content (AvgIpc) is 2.90. The van der Waals surface area contributed by atoms with Crippen LogP contribution in [0.25, 0.3) is 10.9 Å². The summed E-state index contributed by atoms with van der Waals surface area (Å²) >= 11 is 0. The van der Waals surface area contributed by atoms with Gasteiger partial charge >= 0.3 is 0 Å². The number of aryl methyl sites for hydroxylation is 2. The molecule has 122 valence electrons. The lowest BCUT2D eigenvalue weighted by atomic mass is 9.77. The first kappa shape index (κ1) is 14.2. The second kappa shape index (κ2) is 5.18. The molecule has 3 nitrogen and oxygen atoms in total. The molecule has 2 aliphatic heterocycles. The van der Waals surface area contributed by atoms with Crippen molar-refractivity contribution in [2.45, 2.75) is 38.3 Å². The maximum Gasteiger partial charge on any atom is 0.0486 e. The Morgan fingerprint density at radius 1 is 1.08 bits per heavy atom. The SMILES string of the molecule is Cc1ccc2c(c1)c1c3n2CCC(c2ccncc2)C3CN(C)C1. The largest absolute Gasteiger partial charge is 0.344 e. The van der Waals surface area contributed by atoms with Crippen molar-refractivity contribution in [3.63, 3.8) is 0 Å². The Balaban J connectivity index is 1.73. The summed E-state index contributed by atoms with van der Waals surface area (Å²) in [4.78, 5) is 6.71. The van der Waals surface area contributed by atoms with Crippen LogP contribution in [-0.2, 0) is 13.1 Å². The zero-order valence-corrected chi connectivity index (χ0v) is 14.4. The van der Waals surface area contributed by atoms with E-state index in [2.05, 4.69) is 58.8 Å². The van der Waals surface area contributed by atoms with Gasteiger partial charge in [-0.3, -0.25) is 4.98 Å². The maximum absolute atomic E-state index is 4.21. The number of hydrogen-bond donors (Lipinski definition) is 0. The lowest BCUT2D eigenvalue weighted by Crippen LogP contribution is -2.37. The standard InChI is InChI=1S/C21H23N3/c1-14-3-4-20-17(11-14)19-13-23(2)12-18-16(7-10-24(20)21(18)19)15-5-8-22-9-6-15/h3-6,8-9,11,16,18H,7,10,12-13H2,1-2H3. The second-order valence-corrected chi connectivity index (χ2v) is 7.51. The van der Waals surface area contributed by atoms with E-state index in [4.69, 9.17) is 0 Å². The van der Waals surface area contributed by atoms with Crippen molar-refractivity contribution in [2.75, 3.05) is 13.6 Å². The fourth-order valence-electron chi connectivity index (χ4n) is 4.94. The lowest BCUT2D eigenvalue weighted by Gasteiger charge is -2.40. The van der Waals surface area contributed by atoms with Crippen LogP contribution in [0.1, 0.15) is 40.6 Å². The van der Waals surface area contributed by atoms with Gasteiger partial charge in [0.25, 0.3) is 0 Å². The maximum atomic E-state index is 4.21. The predicted octanol–water partition coefficient (Wildman–Crippen LogP) is 4.06. The van der Waals surface area contributed by atoms with E-state index in [1.807, 2.05) is 12.4 Å². The van der Waals surface area contributed by atoms with Gasteiger partial charge in [-0.15, -0.1) is 0 Å². The number of fused-ring (bicyclic) bond motifs is 3. The Morgan fingerprint density at radius 2 is 1.92 bits per heavy atom. The fraction of sp³-hybridized carbons (Fsp3) is 0.381. The number of benzene rings is 1. The molecule has 0 aliphatic carbocycles. The number of aromatic nitrogens is 2. The smallest absolute Gasteiger partial charge is 0.0486 e. The molecule has 0 fully saturated rings. The van der Waals surface area contributed by atoms with Gasteiger partial charge < -0.3 is 9.47 Å². The third-order valence-electron chi connectivity index (χ3n) is 5.94. The molecule has 2 aromatic heterocycles. The molecule has 3 aromatic rings. The van der Waals surface area contributed by atoms with Gasteiger partial charge in [-0.05, 0) is 61.7 Å². The summed E-state index contributed by atoms with van der Waals surface area (Å²) in [5, 5.41) is 1.47. The lowest BCUT2D eigenvalue weighted by molar-refractivity contribution is 0.237. The molecule has 0 N–H and O–H groups in total. The van der Waals surface area contributed by atoms with Crippen LogP contribution >= 0.6 is 0 Å². The highest BCUT2D eigenvalue weighted by Gasteiger charge is 2.38. The average molecular weight is 317 g/mol. The first-order chi connectivity index (χ1) is 11.7. The van der Waals surface area contributed by atoms with E-state index in [-0.39, 0.29) is 0 Å². The topological polar surface area (TPSA) is 21.1 Å². The Bertz CT molecular complexity index is 910. The molecule has 0 saturated carbocycles. The molecular formula is C21H23N3. The van der Waals surface area contributed by atoms with Crippen molar-refractivity contribution >= 4 is 10.9 Å². The molecular weight excluding hydrogens is 294 g/mol. The van der Waals surface area contributed by atoms with Crippen molar-refractivity contribution in [3.8, 4) is 0 Å². The van der Waals surface area contributed by atoms with Crippen LogP contribution in [-0.4, -0.2) is 28.0 Å².